The van der Waals surface area contributed by atoms with E-state index in [1.54, 1.807) is 0 Å². The van der Waals surface area contributed by atoms with E-state index in [0.29, 0.717) is 0 Å². The predicted octanol–water partition coefficient (Wildman–Crippen LogP) is 3.71. The highest BCUT2D eigenvalue weighted by atomic mass is 28.4. The Labute approximate surface area is 90.2 Å². The molecule has 0 rings (SSSR count). The van der Waals surface area contributed by atoms with Gasteiger partial charge in [0.05, 0.1) is 0 Å². The van der Waals surface area contributed by atoms with Crippen LogP contribution in [0.15, 0.2) is 0 Å². The normalized spacial score (nSPS) is 13.3. The van der Waals surface area contributed by atoms with Gasteiger partial charge in [-0.2, -0.15) is 0 Å². The van der Waals surface area contributed by atoms with E-state index in [1.165, 1.54) is 0 Å². The molecule has 0 radical (unpaired) electrons. The summed E-state index contributed by atoms with van der Waals surface area (Å²) in [5.41, 5.74) is 0. The summed E-state index contributed by atoms with van der Waals surface area (Å²) in [6.45, 7) is 14.6. The smallest absolute Gasteiger partial charge is 0.341 e. The summed E-state index contributed by atoms with van der Waals surface area (Å²) in [5.74, 6) is 0. The van der Waals surface area contributed by atoms with E-state index in [0.717, 1.165) is 26.1 Å². The van der Waals surface area contributed by atoms with E-state index < -0.39 is 8.56 Å². The standard InChI is InChI=1S/C11H26O2Si/c1-7-11(5,8-2)14(6,12-9-3)13-10-4/h7-10H2,1-6H3. The Kier molecular flexibility index (Phi) is 5.94. The van der Waals surface area contributed by atoms with Crippen molar-refractivity contribution in [3.63, 3.8) is 0 Å². The largest absolute Gasteiger partial charge is 0.394 e. The Morgan fingerprint density at radius 3 is 1.50 bits per heavy atom. The molecule has 3 heteroatoms. The molecular weight excluding hydrogens is 192 g/mol. The van der Waals surface area contributed by atoms with Crippen LogP contribution in [0.1, 0.15) is 47.5 Å². The zero-order chi connectivity index (χ0) is 11.2. The van der Waals surface area contributed by atoms with Gasteiger partial charge in [0, 0.05) is 18.3 Å². The zero-order valence-electron chi connectivity index (χ0n) is 10.6. The van der Waals surface area contributed by atoms with Crippen LogP contribution in [0.25, 0.3) is 0 Å². The minimum atomic E-state index is -2.00. The molecule has 0 N–H and O–H groups in total. The van der Waals surface area contributed by atoms with Gasteiger partial charge in [-0.3, -0.25) is 0 Å². The van der Waals surface area contributed by atoms with Crippen LogP contribution in [-0.2, 0) is 8.85 Å². The van der Waals surface area contributed by atoms with Crippen LogP contribution in [0.3, 0.4) is 0 Å². The lowest BCUT2D eigenvalue weighted by Gasteiger charge is -2.41. The van der Waals surface area contributed by atoms with Crippen molar-refractivity contribution in [2.45, 2.75) is 59.0 Å². The average Bonchev–Trinajstić information content (AvgIpc) is 2.17. The Bertz CT molecular complexity index is 149. The second-order valence-electron chi connectivity index (χ2n) is 4.08. The van der Waals surface area contributed by atoms with Crippen LogP contribution in [0.4, 0.5) is 0 Å². The zero-order valence-corrected chi connectivity index (χ0v) is 11.6. The molecule has 0 saturated heterocycles. The highest BCUT2D eigenvalue weighted by molar-refractivity contribution is 6.69. The van der Waals surface area contributed by atoms with Crippen LogP contribution in [0, 0.1) is 0 Å². The van der Waals surface area contributed by atoms with Gasteiger partial charge in [-0.25, -0.2) is 0 Å². The third-order valence-corrected chi connectivity index (χ3v) is 8.08. The number of hydrogen-bond donors (Lipinski definition) is 0. The second-order valence-corrected chi connectivity index (χ2v) is 7.76. The third-order valence-electron chi connectivity index (χ3n) is 3.50. The molecule has 0 aromatic rings. The first kappa shape index (κ1) is 14.1. The van der Waals surface area contributed by atoms with Crippen LogP contribution in [0.5, 0.6) is 0 Å². The van der Waals surface area contributed by atoms with Crippen LogP contribution < -0.4 is 0 Å². The quantitative estimate of drug-likeness (QED) is 0.606. The molecule has 0 aromatic carbocycles. The van der Waals surface area contributed by atoms with Crippen molar-refractivity contribution in [2.75, 3.05) is 13.2 Å². The van der Waals surface area contributed by atoms with Gasteiger partial charge in [0.15, 0.2) is 0 Å². The Hall–Kier alpha value is 0.137. The van der Waals surface area contributed by atoms with E-state index in [4.69, 9.17) is 8.85 Å². The molecule has 14 heavy (non-hydrogen) atoms. The molecule has 0 aromatic heterocycles. The fourth-order valence-corrected chi connectivity index (χ4v) is 5.00. The molecule has 0 atom stereocenters. The van der Waals surface area contributed by atoms with Gasteiger partial charge in [-0.1, -0.05) is 20.8 Å². The summed E-state index contributed by atoms with van der Waals surface area (Å²) in [5, 5.41) is 0.235. The molecule has 0 heterocycles. The van der Waals surface area contributed by atoms with Crippen molar-refractivity contribution >= 4 is 8.56 Å². The van der Waals surface area contributed by atoms with Gasteiger partial charge in [0.1, 0.15) is 0 Å². The van der Waals surface area contributed by atoms with Crippen LogP contribution in [0.2, 0.25) is 11.6 Å². The first-order chi connectivity index (χ1) is 6.49. The van der Waals surface area contributed by atoms with Gasteiger partial charge in [-0.15, -0.1) is 0 Å². The molecule has 0 aliphatic carbocycles. The monoisotopic (exact) mass is 218 g/mol. The Balaban J connectivity index is 4.75. The molecular formula is C11H26O2Si. The van der Waals surface area contributed by atoms with Gasteiger partial charge < -0.3 is 8.85 Å². The van der Waals surface area contributed by atoms with Crippen molar-refractivity contribution in [1.82, 2.24) is 0 Å². The maximum atomic E-state index is 5.93. The molecule has 0 unspecified atom stereocenters. The molecule has 0 fully saturated rings. The average molecular weight is 218 g/mol. The first-order valence-corrected chi connectivity index (χ1v) is 8.09. The fourth-order valence-electron chi connectivity index (χ4n) is 1.83. The van der Waals surface area contributed by atoms with E-state index in [9.17, 15) is 0 Å². The van der Waals surface area contributed by atoms with Crippen molar-refractivity contribution in [1.29, 1.82) is 0 Å². The molecule has 0 spiro atoms. The molecule has 0 saturated carbocycles. The van der Waals surface area contributed by atoms with E-state index >= 15 is 0 Å². The highest BCUT2D eigenvalue weighted by Crippen LogP contribution is 2.45. The lowest BCUT2D eigenvalue weighted by molar-refractivity contribution is 0.157. The maximum absolute atomic E-state index is 5.93. The second kappa shape index (κ2) is 5.88. The summed E-state index contributed by atoms with van der Waals surface area (Å²) in [7, 11) is -2.00. The fraction of sp³-hybridized carbons (Fsp3) is 1.00. The predicted molar refractivity (Wildman–Crippen MR) is 63.8 cm³/mol. The Morgan fingerprint density at radius 2 is 1.29 bits per heavy atom. The van der Waals surface area contributed by atoms with Gasteiger partial charge in [0.2, 0.25) is 0 Å². The maximum Gasteiger partial charge on any atom is 0.341 e. The minimum Gasteiger partial charge on any atom is -0.394 e. The van der Waals surface area contributed by atoms with E-state index in [2.05, 4.69) is 41.2 Å². The summed E-state index contributed by atoms with van der Waals surface area (Å²) in [4.78, 5) is 0. The van der Waals surface area contributed by atoms with Crippen molar-refractivity contribution < 1.29 is 8.85 Å². The lowest BCUT2D eigenvalue weighted by atomic mass is 10.1. The van der Waals surface area contributed by atoms with Crippen molar-refractivity contribution in [2.24, 2.45) is 0 Å². The van der Waals surface area contributed by atoms with Crippen molar-refractivity contribution in [3.05, 3.63) is 0 Å². The van der Waals surface area contributed by atoms with Crippen LogP contribution >= 0.6 is 0 Å². The summed E-state index contributed by atoms with van der Waals surface area (Å²) in [6, 6.07) is 0. The van der Waals surface area contributed by atoms with E-state index in [1.807, 2.05) is 0 Å². The third kappa shape index (κ3) is 2.81. The Morgan fingerprint density at radius 1 is 0.929 bits per heavy atom. The molecule has 0 aliphatic rings. The first-order valence-electron chi connectivity index (χ1n) is 5.77. The summed E-state index contributed by atoms with van der Waals surface area (Å²) in [6.07, 6.45) is 2.26. The van der Waals surface area contributed by atoms with Gasteiger partial charge >= 0.3 is 8.56 Å². The molecule has 86 valence electrons. The van der Waals surface area contributed by atoms with Crippen LogP contribution in [-0.4, -0.2) is 21.8 Å². The molecule has 2 nitrogen and oxygen atoms in total. The lowest BCUT2D eigenvalue weighted by Crippen LogP contribution is -2.49. The summed E-state index contributed by atoms with van der Waals surface area (Å²) < 4.78 is 11.9. The van der Waals surface area contributed by atoms with Crippen molar-refractivity contribution in [3.8, 4) is 0 Å². The SMILES string of the molecule is CCO[Si](C)(OCC)C(C)(CC)CC. The summed E-state index contributed by atoms with van der Waals surface area (Å²) >= 11 is 0. The highest BCUT2D eigenvalue weighted by Gasteiger charge is 2.48. The van der Waals surface area contributed by atoms with Gasteiger partial charge in [-0.05, 0) is 33.2 Å². The topological polar surface area (TPSA) is 18.5 Å². The minimum absolute atomic E-state index is 0.235. The number of hydrogen-bond acceptors (Lipinski definition) is 2. The molecule has 0 aliphatic heterocycles. The van der Waals surface area contributed by atoms with E-state index in [-0.39, 0.29) is 5.04 Å². The molecule has 0 bridgehead atoms. The number of rotatable bonds is 7. The molecule has 0 amide bonds. The van der Waals surface area contributed by atoms with Gasteiger partial charge in [0.25, 0.3) is 0 Å².